The number of hydrogen-bond acceptors (Lipinski definition) is 3. The first kappa shape index (κ1) is 9.34. The third-order valence-electron chi connectivity index (χ3n) is 2.18. The Morgan fingerprint density at radius 3 is 3.14 bits per heavy atom. The fourth-order valence-corrected chi connectivity index (χ4v) is 1.59. The van der Waals surface area contributed by atoms with E-state index in [0.29, 0.717) is 5.88 Å². The van der Waals surface area contributed by atoms with Gasteiger partial charge in [-0.2, -0.15) is 0 Å². The van der Waals surface area contributed by atoms with E-state index in [0.717, 1.165) is 23.3 Å². The van der Waals surface area contributed by atoms with Gasteiger partial charge in [0.1, 0.15) is 5.52 Å². The highest BCUT2D eigenvalue weighted by Crippen LogP contribution is 2.20. The van der Waals surface area contributed by atoms with Crippen molar-refractivity contribution in [3.05, 3.63) is 24.6 Å². The van der Waals surface area contributed by atoms with Crippen molar-refractivity contribution in [3.8, 4) is 0 Å². The fourth-order valence-electron chi connectivity index (χ4n) is 1.34. The molecule has 2 rings (SSSR count). The van der Waals surface area contributed by atoms with Crippen LogP contribution in [0, 0.1) is 0 Å². The molecule has 1 aromatic carbocycles. The van der Waals surface area contributed by atoms with Gasteiger partial charge in [-0.25, -0.2) is 4.98 Å². The van der Waals surface area contributed by atoms with Crippen LogP contribution in [-0.2, 0) is 0 Å². The van der Waals surface area contributed by atoms with Crippen LogP contribution in [0.5, 0.6) is 0 Å². The third-order valence-corrected chi connectivity index (χ3v) is 2.34. The molecule has 0 spiro atoms. The summed E-state index contributed by atoms with van der Waals surface area (Å²) in [5.74, 6) is 0.616. The maximum absolute atomic E-state index is 5.67. The molecule has 3 nitrogen and oxygen atoms in total. The van der Waals surface area contributed by atoms with Crippen LogP contribution in [0.25, 0.3) is 11.1 Å². The lowest BCUT2D eigenvalue weighted by molar-refractivity contribution is 0.602. The van der Waals surface area contributed by atoms with Gasteiger partial charge < -0.3 is 9.32 Å². The summed E-state index contributed by atoms with van der Waals surface area (Å²) in [6, 6.07) is 5.92. The predicted octanol–water partition coefficient (Wildman–Crippen LogP) is 2.50. The maximum atomic E-state index is 5.67. The second-order valence-corrected chi connectivity index (χ2v) is 3.49. The van der Waals surface area contributed by atoms with Crippen molar-refractivity contribution >= 4 is 28.4 Å². The van der Waals surface area contributed by atoms with Gasteiger partial charge in [0.25, 0.3) is 0 Å². The Kier molecular flexibility index (Phi) is 2.59. The van der Waals surface area contributed by atoms with E-state index in [-0.39, 0.29) is 0 Å². The van der Waals surface area contributed by atoms with Gasteiger partial charge in [-0.05, 0) is 12.1 Å². The number of oxazole rings is 1. The van der Waals surface area contributed by atoms with Crippen molar-refractivity contribution in [2.24, 2.45) is 0 Å². The molecule has 0 radical (unpaired) electrons. The number of nitrogens with zero attached hydrogens (tertiary/aromatic N) is 2. The first-order chi connectivity index (χ1) is 6.81. The van der Waals surface area contributed by atoms with Gasteiger partial charge in [0.2, 0.25) is 0 Å². The second kappa shape index (κ2) is 3.88. The molecule has 1 aromatic heterocycles. The van der Waals surface area contributed by atoms with Gasteiger partial charge in [0.15, 0.2) is 12.0 Å². The summed E-state index contributed by atoms with van der Waals surface area (Å²) >= 11 is 5.67. The fraction of sp³-hybridized carbons (Fsp3) is 0.300. The molecule has 74 valence electrons. The van der Waals surface area contributed by atoms with Gasteiger partial charge in [0.05, 0.1) is 0 Å². The minimum Gasteiger partial charge on any atom is -0.443 e. The summed E-state index contributed by atoms with van der Waals surface area (Å²) in [4.78, 5) is 6.13. The number of hydrogen-bond donors (Lipinski definition) is 0. The standard InChI is InChI=1S/C10H11ClN2O/c1-13(5-4-11)8-2-3-9-10(6-8)14-7-12-9/h2-3,6-7H,4-5H2,1H3. The van der Waals surface area contributed by atoms with Crippen LogP contribution >= 0.6 is 11.6 Å². The zero-order chi connectivity index (χ0) is 9.97. The smallest absolute Gasteiger partial charge is 0.181 e. The summed E-state index contributed by atoms with van der Waals surface area (Å²) in [6.07, 6.45) is 1.45. The first-order valence-electron chi connectivity index (χ1n) is 4.41. The molecule has 0 aliphatic rings. The first-order valence-corrected chi connectivity index (χ1v) is 4.95. The lowest BCUT2D eigenvalue weighted by Crippen LogP contribution is -2.19. The molecule has 0 atom stereocenters. The SMILES string of the molecule is CN(CCCl)c1ccc2ncoc2c1. The number of fused-ring (bicyclic) bond motifs is 1. The summed E-state index contributed by atoms with van der Waals surface area (Å²) in [6.45, 7) is 0.821. The summed E-state index contributed by atoms with van der Waals surface area (Å²) < 4.78 is 5.22. The number of alkyl halides is 1. The molecule has 0 aliphatic heterocycles. The van der Waals surface area contributed by atoms with E-state index < -0.39 is 0 Å². The Balaban J connectivity index is 2.33. The highest BCUT2D eigenvalue weighted by Gasteiger charge is 2.03. The molecule has 0 saturated carbocycles. The second-order valence-electron chi connectivity index (χ2n) is 3.11. The van der Waals surface area contributed by atoms with Crippen molar-refractivity contribution in [2.75, 3.05) is 24.4 Å². The molecular formula is C10H11ClN2O. The highest BCUT2D eigenvalue weighted by molar-refractivity contribution is 6.18. The molecule has 0 N–H and O–H groups in total. The van der Waals surface area contributed by atoms with Gasteiger partial charge >= 0.3 is 0 Å². The van der Waals surface area contributed by atoms with Crippen LogP contribution in [-0.4, -0.2) is 24.5 Å². The monoisotopic (exact) mass is 210 g/mol. The Labute approximate surface area is 87.3 Å². The molecule has 2 aromatic rings. The van der Waals surface area contributed by atoms with E-state index in [1.807, 2.05) is 25.2 Å². The molecule has 0 unspecified atom stereocenters. The minimum atomic E-state index is 0.616. The van der Waals surface area contributed by atoms with Crippen LogP contribution in [0.2, 0.25) is 0 Å². The molecule has 14 heavy (non-hydrogen) atoms. The summed E-state index contributed by atoms with van der Waals surface area (Å²) in [5.41, 5.74) is 2.78. The highest BCUT2D eigenvalue weighted by atomic mass is 35.5. The molecule has 0 amide bonds. The Bertz CT molecular complexity index is 427. The van der Waals surface area contributed by atoms with Gasteiger partial charge in [-0.15, -0.1) is 11.6 Å². The lowest BCUT2D eigenvalue weighted by atomic mass is 10.2. The van der Waals surface area contributed by atoms with Crippen LogP contribution in [0.4, 0.5) is 5.69 Å². The quantitative estimate of drug-likeness (QED) is 0.729. The average molecular weight is 211 g/mol. The zero-order valence-electron chi connectivity index (χ0n) is 7.90. The van der Waals surface area contributed by atoms with Gasteiger partial charge in [-0.3, -0.25) is 0 Å². The van der Waals surface area contributed by atoms with Crippen LogP contribution < -0.4 is 4.90 Å². The summed E-state index contributed by atoms with van der Waals surface area (Å²) in [5, 5.41) is 0. The lowest BCUT2D eigenvalue weighted by Gasteiger charge is -2.17. The molecule has 1 heterocycles. The molecule has 4 heteroatoms. The van der Waals surface area contributed by atoms with Crippen molar-refractivity contribution in [1.29, 1.82) is 0 Å². The number of halogens is 1. The molecule has 0 saturated heterocycles. The molecular weight excluding hydrogens is 200 g/mol. The largest absolute Gasteiger partial charge is 0.443 e. The van der Waals surface area contributed by atoms with E-state index in [4.69, 9.17) is 16.0 Å². The zero-order valence-corrected chi connectivity index (χ0v) is 8.66. The Morgan fingerprint density at radius 2 is 2.36 bits per heavy atom. The van der Waals surface area contributed by atoms with Gasteiger partial charge in [-0.1, -0.05) is 0 Å². The van der Waals surface area contributed by atoms with Crippen molar-refractivity contribution in [2.45, 2.75) is 0 Å². The van der Waals surface area contributed by atoms with Crippen molar-refractivity contribution in [3.63, 3.8) is 0 Å². The van der Waals surface area contributed by atoms with E-state index in [2.05, 4.69) is 9.88 Å². The van der Waals surface area contributed by atoms with Gasteiger partial charge in [0, 0.05) is 31.2 Å². The summed E-state index contributed by atoms with van der Waals surface area (Å²) in [7, 11) is 2.00. The Morgan fingerprint density at radius 1 is 1.50 bits per heavy atom. The number of aromatic nitrogens is 1. The van der Waals surface area contributed by atoms with Crippen LogP contribution in [0.1, 0.15) is 0 Å². The van der Waals surface area contributed by atoms with Crippen molar-refractivity contribution < 1.29 is 4.42 Å². The minimum absolute atomic E-state index is 0.616. The molecule has 0 fully saturated rings. The van der Waals surface area contributed by atoms with Crippen molar-refractivity contribution in [1.82, 2.24) is 4.98 Å². The number of rotatable bonds is 3. The van der Waals surface area contributed by atoms with E-state index in [1.54, 1.807) is 0 Å². The number of benzene rings is 1. The predicted molar refractivity (Wildman–Crippen MR) is 58.0 cm³/mol. The third kappa shape index (κ3) is 1.68. The average Bonchev–Trinajstić information content (AvgIpc) is 2.64. The topological polar surface area (TPSA) is 29.3 Å². The van der Waals surface area contributed by atoms with E-state index in [9.17, 15) is 0 Å². The van der Waals surface area contributed by atoms with Crippen LogP contribution in [0.15, 0.2) is 29.0 Å². The number of anilines is 1. The van der Waals surface area contributed by atoms with E-state index in [1.165, 1.54) is 6.39 Å². The van der Waals surface area contributed by atoms with Crippen LogP contribution in [0.3, 0.4) is 0 Å². The molecule has 0 bridgehead atoms. The Hall–Kier alpha value is -1.22. The normalized spacial score (nSPS) is 10.7. The molecule has 0 aliphatic carbocycles. The van der Waals surface area contributed by atoms with E-state index >= 15 is 0 Å². The maximum Gasteiger partial charge on any atom is 0.181 e.